The molecule has 0 aliphatic heterocycles. The lowest BCUT2D eigenvalue weighted by Gasteiger charge is -2.11. The Bertz CT molecular complexity index is 899. The Morgan fingerprint density at radius 3 is 2.80 bits per heavy atom. The Hall–Kier alpha value is -3.08. The first kappa shape index (κ1) is 16.8. The summed E-state index contributed by atoms with van der Waals surface area (Å²) in [6.07, 6.45) is 3.64. The van der Waals surface area contributed by atoms with Gasteiger partial charge in [-0.15, -0.1) is 0 Å². The number of carbonyl (C=O) groups excluding carboxylic acids is 1. The molecule has 2 aromatic carbocycles. The Labute approximate surface area is 147 Å². The van der Waals surface area contributed by atoms with Crippen LogP contribution in [0.1, 0.15) is 11.1 Å². The van der Waals surface area contributed by atoms with E-state index in [9.17, 15) is 4.79 Å². The number of hydrogen-bond donors (Lipinski definition) is 1. The van der Waals surface area contributed by atoms with Gasteiger partial charge in [-0.05, 0) is 43.2 Å². The van der Waals surface area contributed by atoms with Gasteiger partial charge >= 0.3 is 0 Å². The summed E-state index contributed by atoms with van der Waals surface area (Å²) >= 11 is 0. The Morgan fingerprint density at radius 1 is 1.20 bits per heavy atom. The fraction of sp³-hybridized carbons (Fsp3) is 0.200. The predicted molar refractivity (Wildman–Crippen MR) is 98.7 cm³/mol. The van der Waals surface area contributed by atoms with Crippen molar-refractivity contribution in [3.8, 4) is 17.1 Å². The molecule has 25 heavy (non-hydrogen) atoms. The normalized spacial score (nSPS) is 10.5. The number of carbonyl (C=O) groups is 1. The van der Waals surface area contributed by atoms with Crippen molar-refractivity contribution in [2.75, 3.05) is 11.9 Å². The average molecular weight is 335 g/mol. The summed E-state index contributed by atoms with van der Waals surface area (Å²) in [7, 11) is 1.94. The molecule has 1 N–H and O–H groups in total. The number of rotatable bonds is 5. The number of hydrogen-bond acceptors (Lipinski definition) is 3. The fourth-order valence-corrected chi connectivity index (χ4v) is 2.58. The van der Waals surface area contributed by atoms with E-state index in [0.29, 0.717) is 0 Å². The van der Waals surface area contributed by atoms with Crippen molar-refractivity contribution in [1.29, 1.82) is 0 Å². The molecule has 0 spiro atoms. The molecule has 0 unspecified atom stereocenters. The van der Waals surface area contributed by atoms with Crippen LogP contribution in [0.2, 0.25) is 0 Å². The molecule has 0 saturated heterocycles. The first-order chi connectivity index (χ1) is 12.0. The van der Waals surface area contributed by atoms with Crippen LogP contribution in [0.15, 0.2) is 54.9 Å². The summed E-state index contributed by atoms with van der Waals surface area (Å²) in [6.45, 7) is 3.93. The lowest BCUT2D eigenvalue weighted by molar-refractivity contribution is -0.118. The maximum Gasteiger partial charge on any atom is 0.262 e. The quantitative estimate of drug-likeness (QED) is 0.773. The number of nitrogens with zero attached hydrogens (tertiary/aromatic N) is 2. The highest BCUT2D eigenvalue weighted by Gasteiger charge is 2.08. The van der Waals surface area contributed by atoms with Crippen LogP contribution in [0.5, 0.6) is 5.75 Å². The second-order valence-corrected chi connectivity index (χ2v) is 6.05. The smallest absolute Gasteiger partial charge is 0.262 e. The average Bonchev–Trinajstić information content (AvgIpc) is 3.02. The third-order valence-electron chi connectivity index (χ3n) is 3.93. The molecular formula is C20H21N3O2. The van der Waals surface area contributed by atoms with Crippen molar-refractivity contribution in [2.45, 2.75) is 13.8 Å². The van der Waals surface area contributed by atoms with Gasteiger partial charge in [-0.1, -0.05) is 24.3 Å². The summed E-state index contributed by atoms with van der Waals surface area (Å²) in [6, 6.07) is 13.5. The molecular weight excluding hydrogens is 314 g/mol. The standard InChI is InChI=1S/C20H21N3O2/c1-14-7-8-15(2)18(11-14)25-13-19(24)22-17-6-4-5-16(12-17)20-21-9-10-23(20)3/h4-12H,13H2,1-3H3,(H,22,24). The third kappa shape index (κ3) is 4.07. The van der Waals surface area contributed by atoms with Crippen LogP contribution < -0.4 is 10.1 Å². The second kappa shape index (κ2) is 7.21. The summed E-state index contributed by atoms with van der Waals surface area (Å²) in [5.41, 5.74) is 3.77. The van der Waals surface area contributed by atoms with Crippen LogP contribution >= 0.6 is 0 Å². The van der Waals surface area contributed by atoms with Gasteiger partial charge in [0, 0.05) is 30.7 Å². The highest BCUT2D eigenvalue weighted by molar-refractivity contribution is 5.92. The summed E-state index contributed by atoms with van der Waals surface area (Å²) < 4.78 is 7.58. The van der Waals surface area contributed by atoms with Gasteiger partial charge in [0.05, 0.1) is 0 Å². The van der Waals surface area contributed by atoms with Crippen molar-refractivity contribution in [3.63, 3.8) is 0 Å². The van der Waals surface area contributed by atoms with E-state index in [1.807, 2.05) is 74.1 Å². The van der Waals surface area contributed by atoms with Gasteiger partial charge in [0.2, 0.25) is 0 Å². The Morgan fingerprint density at radius 2 is 2.04 bits per heavy atom. The number of aryl methyl sites for hydroxylation is 3. The highest BCUT2D eigenvalue weighted by Crippen LogP contribution is 2.21. The van der Waals surface area contributed by atoms with E-state index in [4.69, 9.17) is 4.74 Å². The monoisotopic (exact) mass is 335 g/mol. The number of imidazole rings is 1. The zero-order chi connectivity index (χ0) is 17.8. The Kier molecular flexibility index (Phi) is 4.84. The SMILES string of the molecule is Cc1ccc(C)c(OCC(=O)Nc2cccc(-c3nccn3C)c2)c1. The van der Waals surface area contributed by atoms with Gasteiger partial charge in [0.1, 0.15) is 11.6 Å². The third-order valence-corrected chi connectivity index (χ3v) is 3.93. The van der Waals surface area contributed by atoms with Crippen LogP contribution in [0, 0.1) is 13.8 Å². The van der Waals surface area contributed by atoms with Crippen molar-refractivity contribution in [3.05, 3.63) is 66.0 Å². The van der Waals surface area contributed by atoms with E-state index in [-0.39, 0.29) is 12.5 Å². The molecule has 0 aliphatic carbocycles. The minimum Gasteiger partial charge on any atom is -0.483 e. The van der Waals surface area contributed by atoms with Crippen LogP contribution in [0.25, 0.3) is 11.4 Å². The number of amides is 1. The van der Waals surface area contributed by atoms with E-state index in [1.54, 1.807) is 6.20 Å². The molecule has 0 atom stereocenters. The number of anilines is 1. The van der Waals surface area contributed by atoms with Crippen molar-refractivity contribution in [2.24, 2.45) is 7.05 Å². The molecule has 0 radical (unpaired) electrons. The largest absolute Gasteiger partial charge is 0.483 e. The molecule has 128 valence electrons. The number of ether oxygens (including phenoxy) is 1. The van der Waals surface area contributed by atoms with Gasteiger partial charge in [0.15, 0.2) is 6.61 Å². The van der Waals surface area contributed by atoms with Crippen molar-refractivity contribution < 1.29 is 9.53 Å². The Balaban J connectivity index is 1.65. The molecule has 5 nitrogen and oxygen atoms in total. The lowest BCUT2D eigenvalue weighted by Crippen LogP contribution is -2.20. The molecule has 1 heterocycles. The molecule has 3 rings (SSSR count). The maximum atomic E-state index is 12.2. The molecule has 1 amide bonds. The zero-order valence-electron chi connectivity index (χ0n) is 14.6. The van der Waals surface area contributed by atoms with E-state index in [0.717, 1.165) is 34.0 Å². The number of nitrogens with one attached hydrogen (secondary N) is 1. The molecule has 5 heteroatoms. The predicted octanol–water partition coefficient (Wildman–Crippen LogP) is 3.72. The molecule has 0 bridgehead atoms. The van der Waals surface area contributed by atoms with E-state index in [2.05, 4.69) is 10.3 Å². The topological polar surface area (TPSA) is 56.1 Å². The van der Waals surface area contributed by atoms with Gasteiger partial charge in [-0.3, -0.25) is 4.79 Å². The fourth-order valence-electron chi connectivity index (χ4n) is 2.58. The van der Waals surface area contributed by atoms with Crippen LogP contribution in [0.3, 0.4) is 0 Å². The van der Waals surface area contributed by atoms with E-state index >= 15 is 0 Å². The minimum absolute atomic E-state index is 0.0308. The van der Waals surface area contributed by atoms with Crippen LogP contribution in [-0.4, -0.2) is 22.1 Å². The molecule has 1 aromatic heterocycles. The molecule has 0 fully saturated rings. The number of aromatic nitrogens is 2. The maximum absolute atomic E-state index is 12.2. The van der Waals surface area contributed by atoms with Gasteiger partial charge < -0.3 is 14.6 Å². The van der Waals surface area contributed by atoms with Crippen LogP contribution in [0.4, 0.5) is 5.69 Å². The molecule has 0 aliphatic rings. The van der Waals surface area contributed by atoms with E-state index in [1.165, 1.54) is 0 Å². The van der Waals surface area contributed by atoms with Crippen molar-refractivity contribution >= 4 is 11.6 Å². The zero-order valence-corrected chi connectivity index (χ0v) is 14.6. The number of benzene rings is 2. The molecule has 0 saturated carbocycles. The molecule has 3 aromatic rings. The summed E-state index contributed by atoms with van der Waals surface area (Å²) in [5, 5.41) is 2.87. The second-order valence-electron chi connectivity index (χ2n) is 6.05. The van der Waals surface area contributed by atoms with Crippen LogP contribution in [-0.2, 0) is 11.8 Å². The first-order valence-corrected chi connectivity index (χ1v) is 8.10. The van der Waals surface area contributed by atoms with E-state index < -0.39 is 0 Å². The summed E-state index contributed by atoms with van der Waals surface area (Å²) in [4.78, 5) is 16.5. The van der Waals surface area contributed by atoms with Crippen molar-refractivity contribution in [1.82, 2.24) is 9.55 Å². The minimum atomic E-state index is -0.196. The van der Waals surface area contributed by atoms with Gasteiger partial charge in [0.25, 0.3) is 5.91 Å². The lowest BCUT2D eigenvalue weighted by atomic mass is 10.1. The highest BCUT2D eigenvalue weighted by atomic mass is 16.5. The summed E-state index contributed by atoms with van der Waals surface area (Å²) in [5.74, 6) is 1.39. The first-order valence-electron chi connectivity index (χ1n) is 8.10. The van der Waals surface area contributed by atoms with Gasteiger partial charge in [-0.25, -0.2) is 4.98 Å². The van der Waals surface area contributed by atoms with Gasteiger partial charge in [-0.2, -0.15) is 0 Å².